The number of allylic oxidation sites excluding steroid dienone is 1. The Balaban J connectivity index is 1.43. The molecule has 1 amide bonds. The van der Waals surface area contributed by atoms with E-state index in [-0.39, 0.29) is 30.3 Å². The van der Waals surface area contributed by atoms with E-state index in [1.54, 1.807) is 0 Å². The lowest BCUT2D eigenvalue weighted by Gasteiger charge is -2.27. The molecule has 1 atom stereocenters. The second kappa shape index (κ2) is 10.5. The molecule has 2 aromatic carbocycles. The van der Waals surface area contributed by atoms with Gasteiger partial charge in [-0.1, -0.05) is 36.4 Å². The number of ether oxygens (including phenoxy) is 2. The van der Waals surface area contributed by atoms with E-state index in [0.717, 1.165) is 29.7 Å². The summed E-state index contributed by atoms with van der Waals surface area (Å²) >= 11 is 0. The van der Waals surface area contributed by atoms with Crippen molar-refractivity contribution in [1.82, 2.24) is 4.90 Å². The van der Waals surface area contributed by atoms with E-state index < -0.39 is 23.8 Å². The number of carbonyl (C=O) groups excluding carboxylic acids is 2. The molecule has 178 valence electrons. The highest BCUT2D eigenvalue weighted by atomic mass is 19.1. The normalized spacial score (nSPS) is 19.1. The Hall–Kier alpha value is -3.72. The van der Waals surface area contributed by atoms with Gasteiger partial charge in [-0.05, 0) is 29.7 Å². The van der Waals surface area contributed by atoms with E-state index in [2.05, 4.69) is 4.90 Å². The summed E-state index contributed by atoms with van der Waals surface area (Å²) in [5.41, 5.74) is 7.25. The monoisotopic (exact) mass is 469 g/mol. The zero-order valence-electron chi connectivity index (χ0n) is 18.5. The third-order valence-electron chi connectivity index (χ3n) is 5.74. The van der Waals surface area contributed by atoms with Crippen LogP contribution in [0.4, 0.5) is 19.3 Å². The number of nitrogens with two attached hydrogens (primary N) is 1. The van der Waals surface area contributed by atoms with Gasteiger partial charge in [0.05, 0.1) is 12.2 Å². The zero-order valence-corrected chi connectivity index (χ0v) is 18.5. The Kier molecular flexibility index (Phi) is 7.22. The van der Waals surface area contributed by atoms with E-state index >= 15 is 8.78 Å². The average Bonchev–Trinajstić information content (AvgIpc) is 3.20. The maximum atomic E-state index is 15.0. The number of aldehydes is 1. The van der Waals surface area contributed by atoms with Gasteiger partial charge in [-0.3, -0.25) is 14.6 Å². The maximum Gasteiger partial charge on any atom is 0.414 e. The van der Waals surface area contributed by atoms with Crippen molar-refractivity contribution in [2.24, 2.45) is 5.73 Å². The lowest BCUT2D eigenvalue weighted by Crippen LogP contribution is -2.28. The van der Waals surface area contributed by atoms with Gasteiger partial charge in [-0.25, -0.2) is 13.6 Å². The summed E-state index contributed by atoms with van der Waals surface area (Å²) < 4.78 is 40.3. The van der Waals surface area contributed by atoms with Gasteiger partial charge >= 0.3 is 6.09 Å². The summed E-state index contributed by atoms with van der Waals surface area (Å²) in [5.74, 6) is -1.58. The third-order valence-corrected chi connectivity index (χ3v) is 5.74. The summed E-state index contributed by atoms with van der Waals surface area (Å²) in [4.78, 5) is 26.0. The molecule has 0 bridgehead atoms. The van der Waals surface area contributed by atoms with E-state index in [0.29, 0.717) is 31.4 Å². The molecule has 2 heterocycles. The van der Waals surface area contributed by atoms with Crippen molar-refractivity contribution in [3.05, 3.63) is 83.3 Å². The summed E-state index contributed by atoms with van der Waals surface area (Å²) in [6, 6.07) is 12.3. The van der Waals surface area contributed by atoms with Gasteiger partial charge in [-0.2, -0.15) is 0 Å². The number of nitrogens with zero attached hydrogens (tertiary/aromatic N) is 2. The van der Waals surface area contributed by atoms with Gasteiger partial charge in [0.1, 0.15) is 24.5 Å². The third kappa shape index (κ3) is 5.43. The average molecular weight is 469 g/mol. The molecule has 2 aromatic rings. The van der Waals surface area contributed by atoms with Crippen LogP contribution < -0.4 is 10.6 Å². The Morgan fingerprint density at radius 3 is 2.59 bits per heavy atom. The zero-order chi connectivity index (χ0) is 24.1. The molecule has 1 fully saturated rings. The SMILES string of the molecule is NC(=CC=O)OCC1CN(c2cc(F)c(C3=CCN(Cc4ccccc4)CC3)c(F)c2)C(=O)O1. The molecule has 1 unspecified atom stereocenters. The number of carbonyl (C=O) groups is 2. The van der Waals surface area contributed by atoms with Crippen LogP contribution in [0.5, 0.6) is 0 Å². The largest absolute Gasteiger partial charge is 0.475 e. The van der Waals surface area contributed by atoms with Gasteiger partial charge in [0.15, 0.2) is 12.0 Å². The van der Waals surface area contributed by atoms with Gasteiger partial charge in [0.2, 0.25) is 0 Å². The molecule has 1 saturated heterocycles. The summed E-state index contributed by atoms with van der Waals surface area (Å²) in [7, 11) is 0. The predicted octanol–water partition coefficient (Wildman–Crippen LogP) is 3.59. The number of amides is 1. The number of cyclic esters (lactones) is 1. The van der Waals surface area contributed by atoms with Crippen LogP contribution in [0.15, 0.2) is 60.5 Å². The van der Waals surface area contributed by atoms with Crippen LogP contribution in [0.3, 0.4) is 0 Å². The highest BCUT2D eigenvalue weighted by molar-refractivity contribution is 5.90. The predicted molar refractivity (Wildman–Crippen MR) is 123 cm³/mol. The molecular weight excluding hydrogens is 444 g/mol. The van der Waals surface area contributed by atoms with Crippen molar-refractivity contribution < 1.29 is 27.8 Å². The number of hydrogen-bond donors (Lipinski definition) is 1. The maximum absolute atomic E-state index is 15.0. The van der Waals surface area contributed by atoms with Gasteiger partial charge in [-0.15, -0.1) is 0 Å². The van der Waals surface area contributed by atoms with E-state index in [9.17, 15) is 9.59 Å². The lowest BCUT2D eigenvalue weighted by molar-refractivity contribution is -0.104. The molecular formula is C25H25F2N3O4. The van der Waals surface area contributed by atoms with Crippen molar-refractivity contribution in [3.63, 3.8) is 0 Å². The van der Waals surface area contributed by atoms with E-state index in [1.807, 2.05) is 36.4 Å². The molecule has 2 aliphatic heterocycles. The fourth-order valence-electron chi connectivity index (χ4n) is 4.07. The van der Waals surface area contributed by atoms with Crippen LogP contribution in [-0.4, -0.2) is 49.6 Å². The van der Waals surface area contributed by atoms with Crippen molar-refractivity contribution in [2.75, 3.05) is 31.1 Å². The van der Waals surface area contributed by atoms with Crippen molar-refractivity contribution in [1.29, 1.82) is 0 Å². The van der Waals surface area contributed by atoms with Crippen molar-refractivity contribution in [3.8, 4) is 0 Å². The minimum Gasteiger partial charge on any atom is -0.475 e. The molecule has 4 rings (SSSR count). The highest BCUT2D eigenvalue weighted by Crippen LogP contribution is 2.32. The first-order valence-electron chi connectivity index (χ1n) is 10.9. The molecule has 0 saturated carbocycles. The first-order valence-corrected chi connectivity index (χ1v) is 10.9. The van der Waals surface area contributed by atoms with Crippen LogP contribution in [-0.2, 0) is 20.8 Å². The molecule has 0 radical (unpaired) electrons. The van der Waals surface area contributed by atoms with Crippen LogP contribution in [0.1, 0.15) is 17.5 Å². The van der Waals surface area contributed by atoms with Crippen molar-refractivity contribution in [2.45, 2.75) is 19.1 Å². The number of benzene rings is 2. The van der Waals surface area contributed by atoms with E-state index in [1.165, 1.54) is 5.56 Å². The van der Waals surface area contributed by atoms with Gasteiger partial charge in [0.25, 0.3) is 0 Å². The first kappa shape index (κ1) is 23.4. The lowest BCUT2D eigenvalue weighted by atomic mass is 9.97. The second-order valence-electron chi connectivity index (χ2n) is 8.12. The van der Waals surface area contributed by atoms with Crippen LogP contribution in [0.25, 0.3) is 5.57 Å². The Morgan fingerprint density at radius 1 is 1.21 bits per heavy atom. The Labute approximate surface area is 196 Å². The number of anilines is 1. The molecule has 0 aromatic heterocycles. The number of hydrogen-bond acceptors (Lipinski definition) is 6. The summed E-state index contributed by atoms with van der Waals surface area (Å²) in [6.45, 7) is 1.99. The van der Waals surface area contributed by atoms with Gasteiger partial charge < -0.3 is 15.2 Å². The van der Waals surface area contributed by atoms with E-state index in [4.69, 9.17) is 15.2 Å². The summed E-state index contributed by atoms with van der Waals surface area (Å²) in [6.07, 6.45) is 2.42. The molecule has 2 aliphatic rings. The molecule has 9 heteroatoms. The molecule has 2 N–H and O–H groups in total. The van der Waals surface area contributed by atoms with Crippen LogP contribution in [0.2, 0.25) is 0 Å². The molecule has 7 nitrogen and oxygen atoms in total. The minimum atomic E-state index is -0.744. The van der Waals surface area contributed by atoms with Crippen LogP contribution in [0, 0.1) is 11.6 Å². The Morgan fingerprint density at radius 2 is 1.94 bits per heavy atom. The highest BCUT2D eigenvalue weighted by Gasteiger charge is 2.34. The fraction of sp³-hybridized carbons (Fsp3) is 0.280. The molecule has 34 heavy (non-hydrogen) atoms. The van der Waals surface area contributed by atoms with Gasteiger partial charge in [0, 0.05) is 31.3 Å². The second-order valence-corrected chi connectivity index (χ2v) is 8.12. The standard InChI is InChI=1S/C25H25F2N3O4/c26-21-12-19(30-15-20(34-25(30)32)16-33-23(28)8-11-31)13-22(27)24(21)18-6-9-29(10-7-18)14-17-4-2-1-3-5-17/h1-6,8,11-13,20H,7,9-10,14-16,28H2. The summed E-state index contributed by atoms with van der Waals surface area (Å²) in [5, 5.41) is 0. The fourth-order valence-corrected chi connectivity index (χ4v) is 4.07. The smallest absolute Gasteiger partial charge is 0.414 e. The topological polar surface area (TPSA) is 85.1 Å². The molecule has 0 spiro atoms. The number of halogens is 2. The number of rotatable bonds is 8. The molecule has 0 aliphatic carbocycles. The van der Waals surface area contributed by atoms with Crippen molar-refractivity contribution >= 4 is 23.6 Å². The minimum absolute atomic E-state index is 0.0303. The van der Waals surface area contributed by atoms with Crippen LogP contribution >= 0.6 is 0 Å². The first-order chi connectivity index (χ1) is 16.4. The quantitative estimate of drug-likeness (QED) is 0.361. The Bertz CT molecular complexity index is 1100.